The van der Waals surface area contributed by atoms with Gasteiger partial charge in [-0.15, -0.1) is 0 Å². The molecule has 1 aliphatic carbocycles. The highest BCUT2D eigenvalue weighted by molar-refractivity contribution is 7.89. The summed E-state index contributed by atoms with van der Waals surface area (Å²) >= 11 is 5.64. The topological polar surface area (TPSA) is 66.4 Å². The molecule has 2 rings (SSSR count). The van der Waals surface area contributed by atoms with Crippen molar-refractivity contribution in [3.63, 3.8) is 0 Å². The van der Waals surface area contributed by atoms with Crippen molar-refractivity contribution in [2.24, 2.45) is 5.92 Å². The van der Waals surface area contributed by atoms with Crippen molar-refractivity contribution >= 4 is 21.6 Å². The van der Waals surface area contributed by atoms with Crippen LogP contribution in [0, 0.1) is 11.7 Å². The van der Waals surface area contributed by atoms with Crippen LogP contribution in [0.3, 0.4) is 0 Å². The molecule has 0 unspecified atom stereocenters. The van der Waals surface area contributed by atoms with Crippen LogP contribution in [-0.2, 0) is 16.6 Å². The summed E-state index contributed by atoms with van der Waals surface area (Å²) in [6, 6.07) is 2.06. The van der Waals surface area contributed by atoms with Gasteiger partial charge in [0.1, 0.15) is 5.82 Å². The fraction of sp³-hybridized carbons (Fsp3) is 0.538. The molecule has 7 heteroatoms. The van der Waals surface area contributed by atoms with Gasteiger partial charge in [-0.2, -0.15) is 0 Å². The number of rotatable bonds is 6. The number of aliphatic hydroxyl groups excluding tert-OH is 1. The van der Waals surface area contributed by atoms with Crippen LogP contribution in [0.4, 0.5) is 4.39 Å². The van der Waals surface area contributed by atoms with Crippen molar-refractivity contribution in [1.82, 2.24) is 4.72 Å². The summed E-state index contributed by atoms with van der Waals surface area (Å²) in [6.45, 7) is -0.174. The third kappa shape index (κ3) is 3.49. The lowest BCUT2D eigenvalue weighted by molar-refractivity contribution is 0.281. The van der Waals surface area contributed by atoms with Gasteiger partial charge >= 0.3 is 0 Å². The Morgan fingerprint density at radius 1 is 1.40 bits per heavy atom. The highest BCUT2D eigenvalue weighted by atomic mass is 35.5. The lowest BCUT2D eigenvalue weighted by atomic mass is 9.83. The number of hydrogen-bond donors (Lipinski definition) is 2. The molecule has 2 N–H and O–H groups in total. The third-order valence-corrected chi connectivity index (χ3v) is 5.49. The van der Waals surface area contributed by atoms with E-state index in [9.17, 15) is 12.8 Å². The SMILES string of the molecule is O=S(=O)(NCCC1CCC1)c1cc(F)c(Cl)c(CO)c1. The first-order valence-corrected chi connectivity index (χ1v) is 8.38. The molecule has 20 heavy (non-hydrogen) atoms. The largest absolute Gasteiger partial charge is 0.392 e. The minimum atomic E-state index is -3.77. The van der Waals surface area contributed by atoms with Crippen LogP contribution in [-0.4, -0.2) is 20.1 Å². The zero-order chi connectivity index (χ0) is 14.8. The molecule has 0 amide bonds. The average molecular weight is 322 g/mol. The minimum absolute atomic E-state index is 0.0611. The van der Waals surface area contributed by atoms with Gasteiger partial charge in [0.25, 0.3) is 0 Å². The molecule has 0 aliphatic heterocycles. The first kappa shape index (κ1) is 15.7. The molecule has 1 aromatic carbocycles. The fourth-order valence-electron chi connectivity index (χ4n) is 2.15. The molecule has 1 aliphatic rings. The maximum absolute atomic E-state index is 13.5. The van der Waals surface area contributed by atoms with Gasteiger partial charge < -0.3 is 5.11 Å². The highest BCUT2D eigenvalue weighted by Crippen LogP contribution is 2.29. The standard InChI is InChI=1S/C13H17ClFNO3S/c14-13-10(8-17)6-11(7-12(13)15)20(18,19)16-5-4-9-2-1-3-9/h6-7,9,16-17H,1-5,8H2. The van der Waals surface area contributed by atoms with Gasteiger partial charge in [-0.1, -0.05) is 30.9 Å². The van der Waals surface area contributed by atoms with E-state index in [4.69, 9.17) is 16.7 Å². The Morgan fingerprint density at radius 2 is 2.10 bits per heavy atom. The van der Waals surface area contributed by atoms with Crippen LogP contribution in [0.1, 0.15) is 31.2 Å². The highest BCUT2D eigenvalue weighted by Gasteiger charge is 2.21. The molecular formula is C13H17ClFNO3S. The summed E-state index contributed by atoms with van der Waals surface area (Å²) in [5.41, 5.74) is 0.0611. The molecule has 0 radical (unpaired) electrons. The molecule has 0 aromatic heterocycles. The second kappa shape index (κ2) is 6.39. The summed E-state index contributed by atoms with van der Waals surface area (Å²) in [7, 11) is -3.77. The van der Waals surface area contributed by atoms with Crippen molar-refractivity contribution in [1.29, 1.82) is 0 Å². The quantitative estimate of drug-likeness (QED) is 0.845. The van der Waals surface area contributed by atoms with E-state index in [0.29, 0.717) is 12.5 Å². The smallest absolute Gasteiger partial charge is 0.240 e. The van der Waals surface area contributed by atoms with E-state index >= 15 is 0 Å². The van der Waals surface area contributed by atoms with E-state index in [1.54, 1.807) is 0 Å². The van der Waals surface area contributed by atoms with Crippen LogP contribution >= 0.6 is 11.6 Å². The number of benzene rings is 1. The summed E-state index contributed by atoms with van der Waals surface area (Å²) < 4.78 is 40.1. The van der Waals surface area contributed by atoms with Gasteiger partial charge in [0, 0.05) is 12.1 Å². The van der Waals surface area contributed by atoms with Gasteiger partial charge in [0.05, 0.1) is 16.5 Å². The lowest BCUT2D eigenvalue weighted by Gasteiger charge is -2.25. The fourth-order valence-corrected chi connectivity index (χ4v) is 3.43. The maximum atomic E-state index is 13.5. The Bertz CT molecular complexity index is 588. The Morgan fingerprint density at radius 3 is 2.65 bits per heavy atom. The molecule has 112 valence electrons. The number of aliphatic hydroxyl groups is 1. The van der Waals surface area contributed by atoms with Gasteiger partial charge in [0.15, 0.2) is 0 Å². The van der Waals surface area contributed by atoms with E-state index < -0.39 is 22.4 Å². The minimum Gasteiger partial charge on any atom is -0.392 e. The van der Waals surface area contributed by atoms with Crippen LogP contribution < -0.4 is 4.72 Å². The number of halogens is 2. The first-order chi connectivity index (χ1) is 9.44. The maximum Gasteiger partial charge on any atom is 0.240 e. The van der Waals surface area contributed by atoms with Crippen LogP contribution in [0.15, 0.2) is 17.0 Å². The molecule has 0 atom stereocenters. The molecule has 0 saturated heterocycles. The van der Waals surface area contributed by atoms with E-state index in [1.807, 2.05) is 0 Å². The van der Waals surface area contributed by atoms with Gasteiger partial charge in [-0.3, -0.25) is 0 Å². The molecule has 1 fully saturated rings. The summed E-state index contributed by atoms with van der Waals surface area (Å²) in [5, 5.41) is 8.81. The summed E-state index contributed by atoms with van der Waals surface area (Å²) in [5.74, 6) is -0.259. The van der Waals surface area contributed by atoms with E-state index in [-0.39, 0.29) is 15.5 Å². The summed E-state index contributed by atoms with van der Waals surface area (Å²) in [4.78, 5) is -0.211. The molecule has 0 bridgehead atoms. The second-order valence-corrected chi connectivity index (χ2v) is 7.16. The predicted octanol–water partition coefficient (Wildman–Crippen LogP) is 2.44. The molecule has 1 aromatic rings. The molecule has 0 spiro atoms. The van der Waals surface area contributed by atoms with Crippen LogP contribution in [0.25, 0.3) is 0 Å². The van der Waals surface area contributed by atoms with E-state index in [2.05, 4.69) is 4.72 Å². The van der Waals surface area contributed by atoms with E-state index in [0.717, 1.165) is 25.3 Å². The Balaban J connectivity index is 2.09. The van der Waals surface area contributed by atoms with Crippen molar-refractivity contribution in [2.75, 3.05) is 6.54 Å². The Labute approximate surface area is 123 Å². The molecule has 4 nitrogen and oxygen atoms in total. The third-order valence-electron chi connectivity index (χ3n) is 3.63. The van der Waals surface area contributed by atoms with Crippen LogP contribution in [0.2, 0.25) is 5.02 Å². The number of sulfonamides is 1. The predicted molar refractivity (Wildman–Crippen MR) is 74.5 cm³/mol. The van der Waals surface area contributed by atoms with Crippen molar-refractivity contribution in [2.45, 2.75) is 37.2 Å². The summed E-state index contributed by atoms with van der Waals surface area (Å²) in [6.07, 6.45) is 4.29. The lowest BCUT2D eigenvalue weighted by Crippen LogP contribution is -2.27. The normalized spacial score (nSPS) is 16.1. The van der Waals surface area contributed by atoms with E-state index in [1.165, 1.54) is 12.5 Å². The molecular weight excluding hydrogens is 305 g/mol. The number of nitrogens with one attached hydrogen (secondary N) is 1. The molecule has 0 heterocycles. The molecule has 1 saturated carbocycles. The zero-order valence-electron chi connectivity index (χ0n) is 10.9. The zero-order valence-corrected chi connectivity index (χ0v) is 12.5. The van der Waals surface area contributed by atoms with Crippen molar-refractivity contribution < 1.29 is 17.9 Å². The Hall–Kier alpha value is -0.690. The Kier molecular flexibility index (Phi) is 5.01. The van der Waals surface area contributed by atoms with Crippen molar-refractivity contribution in [3.05, 3.63) is 28.5 Å². The van der Waals surface area contributed by atoms with Gasteiger partial charge in [-0.05, 0) is 24.5 Å². The second-order valence-electron chi connectivity index (χ2n) is 5.02. The number of hydrogen-bond acceptors (Lipinski definition) is 3. The first-order valence-electron chi connectivity index (χ1n) is 6.52. The van der Waals surface area contributed by atoms with Gasteiger partial charge in [0.2, 0.25) is 10.0 Å². The van der Waals surface area contributed by atoms with Crippen LogP contribution in [0.5, 0.6) is 0 Å². The van der Waals surface area contributed by atoms with Gasteiger partial charge in [-0.25, -0.2) is 17.5 Å². The van der Waals surface area contributed by atoms with Crippen molar-refractivity contribution in [3.8, 4) is 0 Å². The monoisotopic (exact) mass is 321 g/mol. The average Bonchev–Trinajstić information content (AvgIpc) is 2.35.